The van der Waals surface area contributed by atoms with Gasteiger partial charge >= 0.3 is 0 Å². The Labute approximate surface area is 169 Å². The second-order valence-corrected chi connectivity index (χ2v) is 8.62. The van der Waals surface area contributed by atoms with Gasteiger partial charge in [0.1, 0.15) is 11.5 Å². The van der Waals surface area contributed by atoms with Gasteiger partial charge in [0.05, 0.1) is 16.3 Å². The van der Waals surface area contributed by atoms with E-state index >= 15 is 0 Å². The average Bonchev–Trinajstić information content (AvgIpc) is 3.06. The maximum atomic E-state index is 12.8. The smallest absolute Gasteiger partial charge is 0.238 e. The summed E-state index contributed by atoms with van der Waals surface area (Å²) in [5.41, 5.74) is 1.65. The lowest BCUT2D eigenvalue weighted by atomic mass is 10.1. The van der Waals surface area contributed by atoms with Crippen molar-refractivity contribution in [3.8, 4) is 0 Å². The molecule has 0 saturated carbocycles. The molecule has 2 atom stereocenters. The van der Waals surface area contributed by atoms with E-state index in [-0.39, 0.29) is 11.7 Å². The normalized spacial score (nSPS) is 13.3. The van der Waals surface area contributed by atoms with Crippen LogP contribution in [0.15, 0.2) is 52.9 Å². The van der Waals surface area contributed by atoms with E-state index in [9.17, 15) is 9.59 Å². The van der Waals surface area contributed by atoms with Gasteiger partial charge in [0, 0.05) is 10.8 Å². The number of thiazole rings is 1. The van der Waals surface area contributed by atoms with Crippen molar-refractivity contribution in [3.05, 3.63) is 59.1 Å². The lowest BCUT2D eigenvalue weighted by molar-refractivity contribution is -0.123. The van der Waals surface area contributed by atoms with Crippen molar-refractivity contribution in [2.24, 2.45) is 0 Å². The highest BCUT2D eigenvalue weighted by Gasteiger charge is 2.25. The van der Waals surface area contributed by atoms with E-state index in [1.54, 1.807) is 6.07 Å². The van der Waals surface area contributed by atoms with Crippen molar-refractivity contribution in [3.63, 3.8) is 0 Å². The van der Waals surface area contributed by atoms with Gasteiger partial charge < -0.3 is 10.1 Å². The summed E-state index contributed by atoms with van der Waals surface area (Å²) in [6.07, 6.45) is 0.692. The highest BCUT2D eigenvalue weighted by molar-refractivity contribution is 8.02. The second-order valence-electron chi connectivity index (χ2n) is 5.43. The Bertz CT molecular complexity index is 917. The lowest BCUT2D eigenvalue weighted by Gasteiger charge is -2.18. The zero-order chi connectivity index (χ0) is 18.5. The monoisotopic (exact) mass is 422 g/mol. The number of benzene rings is 2. The Morgan fingerprint density at radius 3 is 2.77 bits per heavy atom. The molecule has 0 aliphatic heterocycles. The number of carbonyl (C=O) groups is 2. The molecule has 0 aliphatic carbocycles. The van der Waals surface area contributed by atoms with Crippen LogP contribution in [-0.2, 0) is 9.59 Å². The quantitative estimate of drug-likeness (QED) is 0.336. The van der Waals surface area contributed by atoms with E-state index in [0.717, 1.165) is 20.1 Å². The van der Waals surface area contributed by atoms with E-state index < -0.39 is 11.3 Å². The second kappa shape index (κ2) is 8.90. The van der Waals surface area contributed by atoms with Crippen molar-refractivity contribution in [1.29, 1.82) is 0 Å². The molecule has 0 radical (unpaired) electrons. The van der Waals surface area contributed by atoms with E-state index in [2.05, 4.69) is 22.9 Å². The van der Waals surface area contributed by atoms with Crippen LogP contribution >= 0.6 is 47.3 Å². The van der Waals surface area contributed by atoms with Crippen LogP contribution in [-0.4, -0.2) is 29.0 Å². The number of aromatic nitrogens is 1. The van der Waals surface area contributed by atoms with E-state index in [1.165, 1.54) is 23.1 Å². The van der Waals surface area contributed by atoms with E-state index in [4.69, 9.17) is 11.6 Å². The van der Waals surface area contributed by atoms with E-state index in [1.807, 2.05) is 42.5 Å². The molecule has 1 heterocycles. The number of aldehydes is 1. The first-order chi connectivity index (χ1) is 12.6. The molecule has 0 bridgehead atoms. The predicted octanol–water partition coefficient (Wildman–Crippen LogP) is 4.40. The van der Waals surface area contributed by atoms with Gasteiger partial charge in [0.2, 0.25) is 5.91 Å². The van der Waals surface area contributed by atoms with Crippen LogP contribution in [0, 0.1) is 0 Å². The zero-order valence-electron chi connectivity index (χ0n) is 13.5. The van der Waals surface area contributed by atoms with Gasteiger partial charge in [-0.3, -0.25) is 4.79 Å². The Kier molecular flexibility index (Phi) is 6.58. The minimum absolute atomic E-state index is 0.246. The number of thioether (sulfide) groups is 1. The van der Waals surface area contributed by atoms with Crippen LogP contribution < -0.4 is 5.32 Å². The average molecular weight is 423 g/mol. The molecule has 2 aromatic carbocycles. The molecule has 0 spiro atoms. The fourth-order valence-electron chi connectivity index (χ4n) is 2.31. The molecule has 0 saturated heterocycles. The SMILES string of the molecule is O=C[C@H](CS)NC(=O)C(Sc1nc2cc(Cl)ccc2s1)c1ccccc1. The highest BCUT2D eigenvalue weighted by atomic mass is 35.5. The summed E-state index contributed by atoms with van der Waals surface area (Å²) in [6, 6.07) is 14.3. The molecule has 3 aromatic rings. The summed E-state index contributed by atoms with van der Waals surface area (Å²) in [4.78, 5) is 28.4. The fourth-order valence-corrected chi connectivity index (χ4v) is 4.91. The van der Waals surface area contributed by atoms with Crippen molar-refractivity contribution in [2.75, 3.05) is 5.75 Å². The first kappa shape index (κ1) is 19.2. The molecule has 0 aliphatic rings. The van der Waals surface area contributed by atoms with Crippen LogP contribution in [0.25, 0.3) is 10.2 Å². The molecule has 1 amide bonds. The van der Waals surface area contributed by atoms with Gasteiger partial charge in [-0.2, -0.15) is 12.6 Å². The molecule has 4 nitrogen and oxygen atoms in total. The van der Waals surface area contributed by atoms with Gasteiger partial charge in [-0.05, 0) is 23.8 Å². The molecule has 134 valence electrons. The molecular formula is C18H15ClN2O2S3. The number of nitrogens with zero attached hydrogens (tertiary/aromatic N) is 1. The summed E-state index contributed by atoms with van der Waals surface area (Å²) >= 11 is 13.0. The highest BCUT2D eigenvalue weighted by Crippen LogP contribution is 2.39. The standard InChI is InChI=1S/C18H15ClN2O2S3/c19-12-6-7-15-14(8-12)21-18(25-15)26-16(11-4-2-1-3-5-11)17(23)20-13(9-22)10-24/h1-9,13,16,24H,10H2,(H,20,23)/t13-,16?/m1/s1. The maximum absolute atomic E-state index is 12.8. The summed E-state index contributed by atoms with van der Waals surface area (Å²) in [5, 5.41) is 2.84. The van der Waals surface area contributed by atoms with Gasteiger partial charge in [0.25, 0.3) is 0 Å². The van der Waals surface area contributed by atoms with E-state index in [0.29, 0.717) is 11.3 Å². The third-order valence-electron chi connectivity index (χ3n) is 3.58. The number of carbonyl (C=O) groups excluding carboxylic acids is 2. The van der Waals surface area contributed by atoms with Crippen LogP contribution in [0.3, 0.4) is 0 Å². The molecule has 1 unspecified atom stereocenters. The Hall–Kier alpha value is -1.54. The van der Waals surface area contributed by atoms with Crippen LogP contribution in [0.1, 0.15) is 10.8 Å². The van der Waals surface area contributed by atoms with Crippen molar-refractivity contribution < 1.29 is 9.59 Å². The number of hydrogen-bond donors (Lipinski definition) is 2. The number of rotatable bonds is 7. The Balaban J connectivity index is 1.89. The summed E-state index contributed by atoms with van der Waals surface area (Å²) in [6.45, 7) is 0. The third kappa shape index (κ3) is 4.59. The maximum Gasteiger partial charge on any atom is 0.238 e. The van der Waals surface area contributed by atoms with Gasteiger partial charge in [-0.25, -0.2) is 4.98 Å². The predicted molar refractivity (Wildman–Crippen MR) is 112 cm³/mol. The van der Waals surface area contributed by atoms with Gasteiger partial charge in [-0.1, -0.05) is 53.7 Å². The van der Waals surface area contributed by atoms with Crippen molar-refractivity contribution >= 4 is 69.7 Å². The molecule has 0 fully saturated rings. The Morgan fingerprint density at radius 2 is 2.08 bits per heavy atom. The molecule has 8 heteroatoms. The summed E-state index contributed by atoms with van der Waals surface area (Å²) in [7, 11) is 0. The number of amides is 1. The first-order valence-corrected chi connectivity index (χ1v) is 10.5. The molecular weight excluding hydrogens is 408 g/mol. The molecule has 26 heavy (non-hydrogen) atoms. The number of thiol groups is 1. The molecule has 1 N–H and O–H groups in total. The third-order valence-corrected chi connectivity index (χ3v) is 6.59. The van der Waals surface area contributed by atoms with Crippen molar-refractivity contribution in [1.82, 2.24) is 10.3 Å². The van der Waals surface area contributed by atoms with Crippen molar-refractivity contribution in [2.45, 2.75) is 15.6 Å². The van der Waals surface area contributed by atoms with Crippen LogP contribution in [0.4, 0.5) is 0 Å². The zero-order valence-corrected chi connectivity index (χ0v) is 16.7. The lowest BCUT2D eigenvalue weighted by Crippen LogP contribution is -2.39. The van der Waals surface area contributed by atoms with Gasteiger partial charge in [0.15, 0.2) is 4.34 Å². The fraction of sp³-hybridized carbons (Fsp3) is 0.167. The largest absolute Gasteiger partial charge is 0.344 e. The van der Waals surface area contributed by atoms with Gasteiger partial charge in [-0.15, -0.1) is 11.3 Å². The van der Waals surface area contributed by atoms with Crippen LogP contribution in [0.2, 0.25) is 5.02 Å². The number of fused-ring (bicyclic) bond motifs is 1. The number of hydrogen-bond acceptors (Lipinski definition) is 6. The number of nitrogens with one attached hydrogen (secondary N) is 1. The molecule has 1 aromatic heterocycles. The minimum Gasteiger partial charge on any atom is -0.344 e. The van der Waals surface area contributed by atoms with Crippen LogP contribution in [0.5, 0.6) is 0 Å². The summed E-state index contributed by atoms with van der Waals surface area (Å²) < 4.78 is 1.77. The minimum atomic E-state index is -0.619. The topological polar surface area (TPSA) is 59.1 Å². The Morgan fingerprint density at radius 1 is 1.31 bits per heavy atom. The summed E-state index contributed by atoms with van der Waals surface area (Å²) in [5.74, 6) is 0.00534. The number of halogens is 1. The molecule has 3 rings (SSSR count). The first-order valence-electron chi connectivity index (χ1n) is 7.75.